The number of hydrogen-bond donors (Lipinski definition) is 2. The van der Waals surface area contributed by atoms with Gasteiger partial charge in [-0.05, 0) is 61.9 Å². The number of benzene rings is 2. The number of anilines is 2. The van der Waals surface area contributed by atoms with Crippen molar-refractivity contribution in [2.45, 2.75) is 30.6 Å². The third-order valence-electron chi connectivity index (χ3n) is 6.01. The quantitative estimate of drug-likeness (QED) is 0.555. The Morgan fingerprint density at radius 1 is 1.09 bits per heavy atom. The molecule has 0 aliphatic carbocycles. The summed E-state index contributed by atoms with van der Waals surface area (Å²) in [5, 5.41) is 5.62. The lowest BCUT2D eigenvalue weighted by Crippen LogP contribution is -2.47. The van der Waals surface area contributed by atoms with Gasteiger partial charge in [0.05, 0.1) is 11.5 Å². The molecule has 4 rings (SSSR count). The van der Waals surface area contributed by atoms with E-state index >= 15 is 0 Å². The maximum atomic E-state index is 12.9. The van der Waals surface area contributed by atoms with E-state index < -0.39 is 10.0 Å². The van der Waals surface area contributed by atoms with Crippen molar-refractivity contribution in [2.75, 3.05) is 50.5 Å². The van der Waals surface area contributed by atoms with E-state index in [0.29, 0.717) is 63.5 Å². The van der Waals surface area contributed by atoms with Crippen LogP contribution < -0.4 is 15.4 Å². The van der Waals surface area contributed by atoms with E-state index in [1.807, 2.05) is 19.2 Å². The van der Waals surface area contributed by atoms with Gasteiger partial charge in [0, 0.05) is 50.4 Å². The number of carbonyl (C=O) groups excluding carboxylic acids is 2. The molecule has 2 aliphatic rings. The van der Waals surface area contributed by atoms with Crippen LogP contribution in [0.25, 0.3) is 0 Å². The Hall–Kier alpha value is -2.95. The summed E-state index contributed by atoms with van der Waals surface area (Å²) in [5.74, 6) is 0.526. The summed E-state index contributed by atoms with van der Waals surface area (Å²) in [6.07, 6.45) is 1.91. The van der Waals surface area contributed by atoms with Crippen molar-refractivity contribution in [1.29, 1.82) is 0 Å². The number of likely N-dealkylation sites (N-methyl/N-ethyl adjacent to an activating group) is 1. The number of nitrogens with zero attached hydrogens (tertiary/aromatic N) is 2. The van der Waals surface area contributed by atoms with Crippen LogP contribution in [0.1, 0.15) is 24.8 Å². The zero-order valence-electron chi connectivity index (χ0n) is 19.2. The fraction of sp³-hybridized carbons (Fsp3) is 0.417. The molecule has 2 N–H and O–H groups in total. The molecule has 2 aliphatic heterocycles. The summed E-state index contributed by atoms with van der Waals surface area (Å²) in [6, 6.07) is 11.9. The van der Waals surface area contributed by atoms with Crippen LogP contribution in [0.2, 0.25) is 0 Å². The summed E-state index contributed by atoms with van der Waals surface area (Å²) in [6.45, 7) is 2.67. The molecule has 9 nitrogen and oxygen atoms in total. The number of amides is 2. The molecule has 34 heavy (non-hydrogen) atoms. The first-order valence-electron chi connectivity index (χ1n) is 11.5. The SMILES string of the molecule is CN1CCN(S(=O)(=O)c2cccc(NC(=O)CCCOc3ccc4c(c3)CCC(=O)N4)c2)CC1. The van der Waals surface area contributed by atoms with Gasteiger partial charge in [-0.3, -0.25) is 9.59 Å². The molecule has 0 bridgehead atoms. The number of ether oxygens (including phenoxy) is 1. The number of sulfonamides is 1. The van der Waals surface area contributed by atoms with Crippen molar-refractivity contribution in [2.24, 2.45) is 0 Å². The highest BCUT2D eigenvalue weighted by atomic mass is 32.2. The van der Waals surface area contributed by atoms with Gasteiger partial charge < -0.3 is 20.3 Å². The first-order chi connectivity index (χ1) is 16.3. The van der Waals surface area contributed by atoms with Crippen molar-refractivity contribution in [3.63, 3.8) is 0 Å². The average molecular weight is 487 g/mol. The highest BCUT2D eigenvalue weighted by molar-refractivity contribution is 7.89. The van der Waals surface area contributed by atoms with E-state index in [2.05, 4.69) is 15.5 Å². The van der Waals surface area contributed by atoms with E-state index in [1.54, 1.807) is 24.3 Å². The van der Waals surface area contributed by atoms with Gasteiger partial charge in [-0.15, -0.1) is 0 Å². The molecule has 0 radical (unpaired) electrons. The van der Waals surface area contributed by atoms with Crippen molar-refractivity contribution < 1.29 is 22.7 Å². The molecular formula is C24H30N4O5S. The highest BCUT2D eigenvalue weighted by Gasteiger charge is 2.27. The Labute approximate surface area is 200 Å². The smallest absolute Gasteiger partial charge is 0.243 e. The molecule has 2 heterocycles. The van der Waals surface area contributed by atoms with Crippen LogP contribution in [-0.2, 0) is 26.0 Å². The Bertz CT molecular complexity index is 1160. The fourth-order valence-electron chi connectivity index (χ4n) is 4.01. The minimum absolute atomic E-state index is 0.0228. The van der Waals surface area contributed by atoms with Crippen molar-refractivity contribution in [3.05, 3.63) is 48.0 Å². The largest absolute Gasteiger partial charge is 0.494 e. The van der Waals surface area contributed by atoms with Gasteiger partial charge in [0.25, 0.3) is 0 Å². The first kappa shape index (κ1) is 24.2. The Balaban J connectivity index is 1.26. The first-order valence-corrected chi connectivity index (χ1v) is 12.9. The summed E-state index contributed by atoms with van der Waals surface area (Å²) in [4.78, 5) is 26.1. The van der Waals surface area contributed by atoms with Crippen LogP contribution in [0.15, 0.2) is 47.4 Å². The summed E-state index contributed by atoms with van der Waals surface area (Å²) < 4.78 is 33.1. The van der Waals surface area contributed by atoms with Crippen molar-refractivity contribution in [1.82, 2.24) is 9.21 Å². The van der Waals surface area contributed by atoms with Gasteiger partial charge in [-0.25, -0.2) is 8.42 Å². The minimum atomic E-state index is -3.59. The van der Waals surface area contributed by atoms with E-state index in [4.69, 9.17) is 4.74 Å². The van der Waals surface area contributed by atoms with Crippen LogP contribution in [0, 0.1) is 0 Å². The van der Waals surface area contributed by atoms with E-state index in [1.165, 1.54) is 10.4 Å². The number of rotatable bonds is 8. The van der Waals surface area contributed by atoms with Gasteiger partial charge in [0.15, 0.2) is 0 Å². The average Bonchev–Trinajstić information content (AvgIpc) is 2.82. The molecule has 0 aromatic heterocycles. The molecule has 0 spiro atoms. The number of hydrogen-bond acceptors (Lipinski definition) is 6. The maximum absolute atomic E-state index is 12.9. The monoisotopic (exact) mass is 486 g/mol. The lowest BCUT2D eigenvalue weighted by Gasteiger charge is -2.31. The molecule has 182 valence electrons. The molecule has 0 unspecified atom stereocenters. The zero-order valence-corrected chi connectivity index (χ0v) is 20.1. The Kier molecular flexibility index (Phi) is 7.50. The molecular weight excluding hydrogens is 456 g/mol. The normalized spacial score (nSPS) is 17.0. The summed E-state index contributed by atoms with van der Waals surface area (Å²) in [7, 11) is -1.62. The minimum Gasteiger partial charge on any atom is -0.494 e. The predicted molar refractivity (Wildman–Crippen MR) is 129 cm³/mol. The highest BCUT2D eigenvalue weighted by Crippen LogP contribution is 2.27. The summed E-state index contributed by atoms with van der Waals surface area (Å²) in [5.41, 5.74) is 2.32. The second kappa shape index (κ2) is 10.5. The maximum Gasteiger partial charge on any atom is 0.243 e. The van der Waals surface area contributed by atoms with E-state index in [0.717, 1.165) is 11.3 Å². The number of nitrogens with one attached hydrogen (secondary N) is 2. The zero-order chi connectivity index (χ0) is 24.1. The molecule has 10 heteroatoms. The second-order valence-electron chi connectivity index (χ2n) is 8.60. The number of carbonyl (C=O) groups is 2. The Morgan fingerprint density at radius 2 is 1.88 bits per heavy atom. The van der Waals surface area contributed by atoms with Gasteiger partial charge in [0.1, 0.15) is 5.75 Å². The van der Waals surface area contributed by atoms with Crippen molar-refractivity contribution >= 4 is 33.2 Å². The van der Waals surface area contributed by atoms with Gasteiger partial charge >= 0.3 is 0 Å². The van der Waals surface area contributed by atoms with Crippen LogP contribution in [0.5, 0.6) is 5.75 Å². The molecule has 2 aromatic rings. The van der Waals surface area contributed by atoms with Gasteiger partial charge in [0.2, 0.25) is 21.8 Å². The number of fused-ring (bicyclic) bond motifs is 1. The lowest BCUT2D eigenvalue weighted by molar-refractivity contribution is -0.117. The van der Waals surface area contributed by atoms with Crippen LogP contribution in [-0.4, -0.2) is 69.3 Å². The fourth-order valence-corrected chi connectivity index (χ4v) is 5.48. The lowest BCUT2D eigenvalue weighted by atomic mass is 10.0. The van der Waals surface area contributed by atoms with Gasteiger partial charge in [-0.1, -0.05) is 6.07 Å². The molecule has 1 saturated heterocycles. The predicted octanol–water partition coefficient (Wildman–Crippen LogP) is 2.31. The van der Waals surface area contributed by atoms with Crippen molar-refractivity contribution in [3.8, 4) is 5.75 Å². The standard InChI is InChI=1S/C24H30N4O5S/c1-27-11-13-28(14-12-27)34(31,32)21-5-2-4-19(17-21)25-23(29)6-3-15-33-20-8-9-22-18(16-20)7-10-24(30)26-22/h2,4-5,8-9,16-17H,3,6-7,10-15H2,1H3,(H,25,29)(H,26,30). The molecule has 0 saturated carbocycles. The topological polar surface area (TPSA) is 108 Å². The van der Waals surface area contributed by atoms with Crippen LogP contribution in [0.4, 0.5) is 11.4 Å². The number of piperazine rings is 1. The van der Waals surface area contributed by atoms with Crippen LogP contribution >= 0.6 is 0 Å². The van der Waals surface area contributed by atoms with Gasteiger partial charge in [-0.2, -0.15) is 4.31 Å². The molecule has 0 atom stereocenters. The Morgan fingerprint density at radius 3 is 2.68 bits per heavy atom. The van der Waals surface area contributed by atoms with E-state index in [9.17, 15) is 18.0 Å². The summed E-state index contributed by atoms with van der Waals surface area (Å²) >= 11 is 0. The van der Waals surface area contributed by atoms with Crippen LogP contribution in [0.3, 0.4) is 0 Å². The molecule has 1 fully saturated rings. The molecule has 2 aromatic carbocycles. The third kappa shape index (κ3) is 5.94. The second-order valence-corrected chi connectivity index (χ2v) is 10.5. The third-order valence-corrected chi connectivity index (χ3v) is 7.90. The number of aryl methyl sites for hydroxylation is 1. The molecule has 2 amide bonds. The van der Waals surface area contributed by atoms with E-state index in [-0.39, 0.29) is 23.1 Å².